The van der Waals surface area contributed by atoms with Crippen molar-refractivity contribution in [1.82, 2.24) is 10.3 Å². The summed E-state index contributed by atoms with van der Waals surface area (Å²) in [6.07, 6.45) is 2.45. The molecule has 118 valence electrons. The number of hydrogen-bond donors (Lipinski definition) is 1. The number of aromatic nitrogens is 1. The molecular formula is C17H22N2O2S. The lowest BCUT2D eigenvalue weighted by atomic mass is 10.3. The van der Waals surface area contributed by atoms with Crippen molar-refractivity contribution in [2.75, 3.05) is 6.61 Å². The summed E-state index contributed by atoms with van der Waals surface area (Å²) < 4.78 is 5.52. The first-order chi connectivity index (χ1) is 10.7. The van der Waals surface area contributed by atoms with Gasteiger partial charge < -0.3 is 10.1 Å². The van der Waals surface area contributed by atoms with Crippen molar-refractivity contribution in [3.63, 3.8) is 0 Å². The number of carbonyl (C=O) groups excluding carboxylic acids is 1. The van der Waals surface area contributed by atoms with Crippen molar-refractivity contribution in [3.05, 3.63) is 45.9 Å². The summed E-state index contributed by atoms with van der Waals surface area (Å²) in [5.74, 6) is 0.790. The van der Waals surface area contributed by atoms with Gasteiger partial charge in [-0.15, -0.1) is 11.3 Å². The second kappa shape index (κ2) is 8.54. The Morgan fingerprint density at radius 1 is 1.32 bits per heavy atom. The van der Waals surface area contributed by atoms with Crippen molar-refractivity contribution in [3.8, 4) is 5.75 Å². The minimum atomic E-state index is 0.000715. The van der Waals surface area contributed by atoms with Crippen LogP contribution in [0.15, 0.2) is 30.3 Å². The third-order valence-corrected chi connectivity index (χ3v) is 4.41. The molecule has 0 aliphatic heterocycles. The predicted octanol–water partition coefficient (Wildman–Crippen LogP) is 3.49. The van der Waals surface area contributed by atoms with E-state index in [1.807, 2.05) is 37.3 Å². The quantitative estimate of drug-likeness (QED) is 0.810. The van der Waals surface area contributed by atoms with Gasteiger partial charge >= 0.3 is 0 Å². The third kappa shape index (κ3) is 5.15. The fraction of sp³-hybridized carbons (Fsp3) is 0.412. The maximum atomic E-state index is 11.8. The number of hydrogen-bond acceptors (Lipinski definition) is 4. The average molecular weight is 318 g/mol. The van der Waals surface area contributed by atoms with Crippen LogP contribution < -0.4 is 10.1 Å². The van der Waals surface area contributed by atoms with Gasteiger partial charge in [-0.05, 0) is 31.9 Å². The number of nitrogens with one attached hydrogen (secondary N) is 1. The van der Waals surface area contributed by atoms with Gasteiger partial charge in [-0.2, -0.15) is 0 Å². The highest BCUT2D eigenvalue weighted by Gasteiger charge is 2.08. The number of aryl methyl sites for hydroxylation is 2. The maximum absolute atomic E-state index is 11.8. The molecule has 1 N–H and O–H groups in total. The van der Waals surface area contributed by atoms with Crippen molar-refractivity contribution in [2.24, 2.45) is 0 Å². The Morgan fingerprint density at radius 2 is 2.09 bits per heavy atom. The molecule has 1 heterocycles. The first kappa shape index (κ1) is 16.5. The van der Waals surface area contributed by atoms with E-state index in [2.05, 4.69) is 17.2 Å². The largest absolute Gasteiger partial charge is 0.493 e. The summed E-state index contributed by atoms with van der Waals surface area (Å²) in [6, 6.07) is 9.52. The number of para-hydroxylation sites is 1. The van der Waals surface area contributed by atoms with E-state index < -0.39 is 0 Å². The highest BCUT2D eigenvalue weighted by molar-refractivity contribution is 7.11. The smallest absolute Gasteiger partial charge is 0.223 e. The molecule has 0 aliphatic rings. The van der Waals surface area contributed by atoms with E-state index in [1.54, 1.807) is 11.3 Å². The Kier molecular flexibility index (Phi) is 6.40. The molecule has 2 aromatic rings. The lowest BCUT2D eigenvalue weighted by Crippen LogP contribution is -2.24. The molecule has 2 rings (SSSR count). The molecular weight excluding hydrogens is 296 g/mol. The fourth-order valence-electron chi connectivity index (χ4n) is 2.02. The van der Waals surface area contributed by atoms with Crippen LogP contribution in [0, 0.1) is 6.92 Å². The van der Waals surface area contributed by atoms with Crippen LogP contribution in [0.5, 0.6) is 5.75 Å². The van der Waals surface area contributed by atoms with E-state index in [0.29, 0.717) is 19.6 Å². The molecule has 0 radical (unpaired) electrons. The molecule has 1 aromatic carbocycles. The van der Waals surface area contributed by atoms with E-state index >= 15 is 0 Å². The third-order valence-electron chi connectivity index (χ3n) is 3.19. The SMILES string of the molecule is CCCc1nc(C)c(CNC(=O)CCOc2ccccc2)s1. The van der Waals surface area contributed by atoms with Gasteiger partial charge in [0.05, 0.1) is 30.3 Å². The molecule has 0 bridgehead atoms. The summed E-state index contributed by atoms with van der Waals surface area (Å²) in [6.45, 7) is 5.08. The summed E-state index contributed by atoms with van der Waals surface area (Å²) in [4.78, 5) is 17.5. The minimum absolute atomic E-state index is 0.000715. The maximum Gasteiger partial charge on any atom is 0.223 e. The van der Waals surface area contributed by atoms with Gasteiger partial charge in [0.25, 0.3) is 0 Å². The first-order valence-corrected chi connectivity index (χ1v) is 8.40. The van der Waals surface area contributed by atoms with E-state index in [-0.39, 0.29) is 5.91 Å². The molecule has 0 spiro atoms. The molecule has 5 heteroatoms. The Bertz CT molecular complexity index is 596. The summed E-state index contributed by atoms with van der Waals surface area (Å²) in [5, 5.41) is 4.08. The molecule has 1 amide bonds. The Labute approximate surface area is 135 Å². The van der Waals surface area contributed by atoms with Crippen molar-refractivity contribution in [1.29, 1.82) is 0 Å². The molecule has 4 nitrogen and oxygen atoms in total. The number of amides is 1. The van der Waals surface area contributed by atoms with E-state index in [0.717, 1.165) is 34.2 Å². The summed E-state index contributed by atoms with van der Waals surface area (Å²) >= 11 is 1.69. The number of benzene rings is 1. The van der Waals surface area contributed by atoms with Gasteiger partial charge in [0, 0.05) is 4.88 Å². The molecule has 0 saturated carbocycles. The summed E-state index contributed by atoms with van der Waals surface area (Å²) in [5.41, 5.74) is 1.02. The van der Waals surface area contributed by atoms with Gasteiger partial charge in [-0.1, -0.05) is 25.1 Å². The van der Waals surface area contributed by atoms with Crippen molar-refractivity contribution >= 4 is 17.2 Å². The van der Waals surface area contributed by atoms with Crippen molar-refractivity contribution < 1.29 is 9.53 Å². The monoisotopic (exact) mass is 318 g/mol. The molecule has 1 aromatic heterocycles. The Hall–Kier alpha value is -1.88. The average Bonchev–Trinajstić information content (AvgIpc) is 2.86. The minimum Gasteiger partial charge on any atom is -0.493 e. The normalized spacial score (nSPS) is 10.5. The van der Waals surface area contributed by atoms with Crippen LogP contribution in [0.2, 0.25) is 0 Å². The highest BCUT2D eigenvalue weighted by Crippen LogP contribution is 2.19. The Morgan fingerprint density at radius 3 is 2.82 bits per heavy atom. The molecule has 22 heavy (non-hydrogen) atoms. The number of ether oxygens (including phenoxy) is 1. The van der Waals surface area contributed by atoms with Crippen molar-refractivity contribution in [2.45, 2.75) is 39.7 Å². The predicted molar refractivity (Wildman–Crippen MR) is 89.2 cm³/mol. The van der Waals surface area contributed by atoms with Gasteiger partial charge in [0.2, 0.25) is 5.91 Å². The molecule has 0 atom stereocenters. The van der Waals surface area contributed by atoms with Crippen LogP contribution in [-0.4, -0.2) is 17.5 Å². The van der Waals surface area contributed by atoms with E-state index in [4.69, 9.17) is 4.74 Å². The van der Waals surface area contributed by atoms with Crippen LogP contribution in [0.4, 0.5) is 0 Å². The molecule has 0 unspecified atom stereocenters. The zero-order valence-electron chi connectivity index (χ0n) is 13.1. The van der Waals surface area contributed by atoms with Gasteiger partial charge in [-0.3, -0.25) is 4.79 Å². The number of nitrogens with zero attached hydrogens (tertiary/aromatic N) is 1. The zero-order chi connectivity index (χ0) is 15.8. The highest BCUT2D eigenvalue weighted by atomic mass is 32.1. The van der Waals surface area contributed by atoms with Gasteiger partial charge in [0.15, 0.2) is 0 Å². The van der Waals surface area contributed by atoms with Crippen LogP contribution in [0.3, 0.4) is 0 Å². The van der Waals surface area contributed by atoms with Gasteiger partial charge in [-0.25, -0.2) is 4.98 Å². The Balaban J connectivity index is 1.71. The second-order valence-corrected chi connectivity index (χ2v) is 6.22. The number of rotatable bonds is 8. The molecule has 0 fully saturated rings. The topological polar surface area (TPSA) is 51.2 Å². The van der Waals surface area contributed by atoms with E-state index in [9.17, 15) is 4.79 Å². The first-order valence-electron chi connectivity index (χ1n) is 7.58. The van der Waals surface area contributed by atoms with Gasteiger partial charge in [0.1, 0.15) is 5.75 Å². The number of carbonyl (C=O) groups is 1. The van der Waals surface area contributed by atoms with Crippen LogP contribution in [0.25, 0.3) is 0 Å². The summed E-state index contributed by atoms with van der Waals surface area (Å²) in [7, 11) is 0. The van der Waals surface area contributed by atoms with Crippen LogP contribution in [-0.2, 0) is 17.8 Å². The van der Waals surface area contributed by atoms with Crippen LogP contribution in [0.1, 0.15) is 35.3 Å². The second-order valence-electron chi connectivity index (χ2n) is 5.05. The molecule has 0 aliphatic carbocycles. The standard InChI is InChI=1S/C17H22N2O2S/c1-3-7-17-19-13(2)15(22-17)12-18-16(20)10-11-21-14-8-5-4-6-9-14/h4-6,8-9H,3,7,10-12H2,1-2H3,(H,18,20). The zero-order valence-corrected chi connectivity index (χ0v) is 13.9. The fourth-order valence-corrected chi connectivity index (χ4v) is 3.13. The van der Waals surface area contributed by atoms with Crippen LogP contribution >= 0.6 is 11.3 Å². The lowest BCUT2D eigenvalue weighted by molar-refractivity contribution is -0.121. The number of thiazole rings is 1. The lowest BCUT2D eigenvalue weighted by Gasteiger charge is -2.06. The van der Waals surface area contributed by atoms with E-state index in [1.165, 1.54) is 0 Å². The molecule has 0 saturated heterocycles.